The molecule has 0 amide bonds. The molecule has 0 aliphatic rings. The first-order valence-electron chi connectivity index (χ1n) is 4.41. The van der Waals surface area contributed by atoms with Crippen LogP contribution in [0.1, 0.15) is 24.1 Å². The van der Waals surface area contributed by atoms with E-state index in [0.717, 1.165) is 5.69 Å². The van der Waals surface area contributed by atoms with Crippen molar-refractivity contribution < 1.29 is 0 Å². The van der Waals surface area contributed by atoms with Crippen molar-refractivity contribution in [3.63, 3.8) is 0 Å². The number of H-pyrrole nitrogens is 1. The minimum absolute atomic E-state index is 0.392. The quantitative estimate of drug-likeness (QED) is 0.741. The van der Waals surface area contributed by atoms with Crippen molar-refractivity contribution in [1.29, 1.82) is 0 Å². The van der Waals surface area contributed by atoms with Gasteiger partial charge in [0.25, 0.3) is 0 Å². The molecule has 2 nitrogen and oxygen atoms in total. The normalized spacial score (nSPS) is 12.7. The summed E-state index contributed by atoms with van der Waals surface area (Å²) in [7, 11) is 0. The van der Waals surface area contributed by atoms with Crippen LogP contribution in [0, 0.1) is 0 Å². The molecule has 13 heavy (non-hydrogen) atoms. The molecule has 1 heterocycles. The highest BCUT2D eigenvalue weighted by Crippen LogP contribution is 2.20. The van der Waals surface area contributed by atoms with E-state index in [2.05, 4.69) is 41.2 Å². The third kappa shape index (κ3) is 1.61. The number of aromatic nitrogens is 2. The van der Waals surface area contributed by atoms with Crippen LogP contribution in [-0.2, 0) is 0 Å². The Balaban J connectivity index is 2.29. The van der Waals surface area contributed by atoms with Crippen LogP contribution >= 0.6 is 0 Å². The zero-order chi connectivity index (χ0) is 9.10. The van der Waals surface area contributed by atoms with E-state index in [0.29, 0.717) is 5.92 Å². The van der Waals surface area contributed by atoms with Crippen molar-refractivity contribution in [3.8, 4) is 0 Å². The summed E-state index contributed by atoms with van der Waals surface area (Å²) >= 11 is 0. The number of nitrogens with zero attached hydrogens (tertiary/aromatic N) is 1. The molecule has 1 unspecified atom stereocenters. The summed E-state index contributed by atoms with van der Waals surface area (Å²) in [5.74, 6) is 0.392. The Morgan fingerprint density at radius 1 is 1.23 bits per heavy atom. The maximum absolute atomic E-state index is 4.01. The maximum Gasteiger partial charge on any atom is 0.0921 e. The lowest BCUT2D eigenvalue weighted by Crippen LogP contribution is -1.95. The zero-order valence-electron chi connectivity index (χ0n) is 7.57. The molecule has 0 aliphatic heterocycles. The minimum atomic E-state index is 0.392. The smallest absolute Gasteiger partial charge is 0.0921 e. The fraction of sp³-hybridized carbons (Fsp3) is 0.182. The molecule has 0 radical (unpaired) electrons. The summed E-state index contributed by atoms with van der Waals surface area (Å²) in [6.45, 7) is 2.17. The molecule has 1 atom stereocenters. The van der Waals surface area contributed by atoms with Crippen LogP contribution in [0.2, 0.25) is 0 Å². The van der Waals surface area contributed by atoms with Crippen LogP contribution < -0.4 is 0 Å². The third-order valence-corrected chi connectivity index (χ3v) is 2.29. The first kappa shape index (κ1) is 8.05. The molecule has 2 heteroatoms. The monoisotopic (exact) mass is 172 g/mol. The van der Waals surface area contributed by atoms with Gasteiger partial charge in [0, 0.05) is 17.8 Å². The fourth-order valence-electron chi connectivity index (χ4n) is 1.42. The fourth-order valence-corrected chi connectivity index (χ4v) is 1.42. The molecule has 1 aromatic heterocycles. The Morgan fingerprint density at radius 3 is 2.62 bits per heavy atom. The van der Waals surface area contributed by atoms with Crippen LogP contribution in [0.4, 0.5) is 0 Å². The summed E-state index contributed by atoms with van der Waals surface area (Å²) in [6, 6.07) is 10.4. The molecule has 0 spiro atoms. The van der Waals surface area contributed by atoms with Gasteiger partial charge in [-0.3, -0.25) is 0 Å². The summed E-state index contributed by atoms with van der Waals surface area (Å²) < 4.78 is 0. The Labute approximate surface area is 77.6 Å². The highest BCUT2D eigenvalue weighted by molar-refractivity contribution is 5.25. The average Bonchev–Trinajstić information content (AvgIpc) is 2.71. The summed E-state index contributed by atoms with van der Waals surface area (Å²) in [5, 5.41) is 0. The van der Waals surface area contributed by atoms with Crippen molar-refractivity contribution in [2.45, 2.75) is 12.8 Å². The van der Waals surface area contributed by atoms with Crippen LogP contribution in [-0.4, -0.2) is 9.97 Å². The second-order valence-electron chi connectivity index (χ2n) is 3.14. The molecule has 1 aromatic carbocycles. The van der Waals surface area contributed by atoms with Crippen LogP contribution in [0.3, 0.4) is 0 Å². The van der Waals surface area contributed by atoms with E-state index in [1.54, 1.807) is 6.33 Å². The van der Waals surface area contributed by atoms with Gasteiger partial charge in [-0.1, -0.05) is 37.3 Å². The second-order valence-corrected chi connectivity index (χ2v) is 3.14. The summed E-state index contributed by atoms with van der Waals surface area (Å²) in [6.07, 6.45) is 3.59. The number of nitrogens with one attached hydrogen (secondary N) is 1. The van der Waals surface area contributed by atoms with Gasteiger partial charge in [0.05, 0.1) is 6.33 Å². The molecule has 2 aromatic rings. The number of hydrogen-bond donors (Lipinski definition) is 1. The zero-order valence-corrected chi connectivity index (χ0v) is 7.57. The minimum Gasteiger partial charge on any atom is -0.348 e. The van der Waals surface area contributed by atoms with E-state index >= 15 is 0 Å². The molecule has 0 saturated carbocycles. The van der Waals surface area contributed by atoms with E-state index in [1.807, 2.05) is 12.3 Å². The molecule has 0 fully saturated rings. The van der Waals surface area contributed by atoms with Crippen LogP contribution in [0.15, 0.2) is 42.9 Å². The molecule has 0 bridgehead atoms. The number of imidazole rings is 1. The number of hydrogen-bond acceptors (Lipinski definition) is 1. The van der Waals surface area contributed by atoms with Gasteiger partial charge in [-0.2, -0.15) is 0 Å². The summed E-state index contributed by atoms with van der Waals surface area (Å²) in [5.41, 5.74) is 2.47. The number of benzene rings is 1. The Kier molecular flexibility index (Phi) is 2.13. The Hall–Kier alpha value is -1.57. The molecular formula is C11H12N2. The predicted octanol–water partition coefficient (Wildman–Crippen LogP) is 2.56. The molecule has 1 N–H and O–H groups in total. The van der Waals surface area contributed by atoms with E-state index in [4.69, 9.17) is 0 Å². The lowest BCUT2D eigenvalue weighted by atomic mass is 9.99. The summed E-state index contributed by atoms with van der Waals surface area (Å²) in [4.78, 5) is 7.14. The number of rotatable bonds is 2. The van der Waals surface area contributed by atoms with Gasteiger partial charge in [0.15, 0.2) is 0 Å². The van der Waals surface area contributed by atoms with Crippen LogP contribution in [0.5, 0.6) is 0 Å². The maximum atomic E-state index is 4.01. The SMILES string of the molecule is CC(c1ccccc1)c1cnc[nH]1. The first-order valence-corrected chi connectivity index (χ1v) is 4.41. The third-order valence-electron chi connectivity index (χ3n) is 2.29. The molecule has 0 saturated heterocycles. The highest BCUT2D eigenvalue weighted by Gasteiger charge is 2.07. The molecule has 0 aliphatic carbocycles. The molecule has 2 rings (SSSR count). The first-order chi connectivity index (χ1) is 6.38. The van der Waals surface area contributed by atoms with E-state index < -0.39 is 0 Å². The van der Waals surface area contributed by atoms with Gasteiger partial charge in [-0.25, -0.2) is 4.98 Å². The van der Waals surface area contributed by atoms with Crippen molar-refractivity contribution in [2.24, 2.45) is 0 Å². The van der Waals surface area contributed by atoms with Gasteiger partial charge in [0.1, 0.15) is 0 Å². The second kappa shape index (κ2) is 3.44. The Morgan fingerprint density at radius 2 is 2.00 bits per heavy atom. The van der Waals surface area contributed by atoms with E-state index in [1.165, 1.54) is 5.56 Å². The van der Waals surface area contributed by atoms with Gasteiger partial charge >= 0.3 is 0 Å². The van der Waals surface area contributed by atoms with Gasteiger partial charge in [-0.05, 0) is 5.56 Å². The van der Waals surface area contributed by atoms with Gasteiger partial charge in [-0.15, -0.1) is 0 Å². The van der Waals surface area contributed by atoms with Gasteiger partial charge in [0.2, 0.25) is 0 Å². The topological polar surface area (TPSA) is 28.7 Å². The molecule has 66 valence electrons. The predicted molar refractivity (Wildman–Crippen MR) is 52.5 cm³/mol. The van der Waals surface area contributed by atoms with Crippen molar-refractivity contribution in [2.75, 3.05) is 0 Å². The highest BCUT2D eigenvalue weighted by atomic mass is 14.9. The largest absolute Gasteiger partial charge is 0.348 e. The lowest BCUT2D eigenvalue weighted by Gasteiger charge is -2.08. The van der Waals surface area contributed by atoms with Crippen molar-refractivity contribution in [3.05, 3.63) is 54.1 Å². The Bertz CT molecular complexity index is 351. The number of aromatic amines is 1. The standard InChI is InChI=1S/C11H12N2/c1-9(11-7-12-8-13-11)10-5-3-2-4-6-10/h2-9H,1H3,(H,12,13). The van der Waals surface area contributed by atoms with E-state index in [9.17, 15) is 0 Å². The lowest BCUT2D eigenvalue weighted by molar-refractivity contribution is 0.883. The van der Waals surface area contributed by atoms with Crippen molar-refractivity contribution in [1.82, 2.24) is 9.97 Å². The van der Waals surface area contributed by atoms with Gasteiger partial charge < -0.3 is 4.98 Å². The average molecular weight is 172 g/mol. The van der Waals surface area contributed by atoms with E-state index in [-0.39, 0.29) is 0 Å². The van der Waals surface area contributed by atoms with Crippen molar-refractivity contribution >= 4 is 0 Å². The van der Waals surface area contributed by atoms with Crippen LogP contribution in [0.25, 0.3) is 0 Å². The molecular weight excluding hydrogens is 160 g/mol.